The first-order valence-corrected chi connectivity index (χ1v) is 6.85. The summed E-state index contributed by atoms with van der Waals surface area (Å²) in [5.41, 5.74) is 1.46. The second-order valence-corrected chi connectivity index (χ2v) is 5.39. The van der Waals surface area contributed by atoms with Gasteiger partial charge in [-0.1, -0.05) is 0 Å². The molecule has 0 fully saturated rings. The third kappa shape index (κ3) is 2.69. The maximum absolute atomic E-state index is 13.9. The van der Waals surface area contributed by atoms with Gasteiger partial charge < -0.3 is 5.32 Å². The fraction of sp³-hybridized carbons (Fsp3) is 0.385. The van der Waals surface area contributed by atoms with Crippen LogP contribution in [0.4, 0.5) is 4.39 Å². The summed E-state index contributed by atoms with van der Waals surface area (Å²) in [5.74, 6) is -0.328. The van der Waals surface area contributed by atoms with Gasteiger partial charge in [-0.15, -0.1) is 0 Å². The molecule has 102 valence electrons. The van der Waals surface area contributed by atoms with Gasteiger partial charge in [-0.25, -0.2) is 4.39 Å². The number of rotatable bonds is 4. The molecule has 0 aliphatic carbocycles. The monoisotopic (exact) mass is 326 g/mol. The van der Waals surface area contributed by atoms with E-state index in [0.717, 1.165) is 10.2 Å². The smallest absolute Gasteiger partial charge is 0.146 e. The second-order valence-electron chi connectivity index (χ2n) is 4.53. The Kier molecular flexibility index (Phi) is 4.31. The Morgan fingerprint density at radius 1 is 1.37 bits per heavy atom. The number of pyridine rings is 1. The zero-order valence-corrected chi connectivity index (χ0v) is 12.6. The molecule has 0 saturated carbocycles. The Bertz CT molecular complexity index is 568. The van der Waals surface area contributed by atoms with Gasteiger partial charge >= 0.3 is 0 Å². The molecule has 0 saturated heterocycles. The van der Waals surface area contributed by atoms with Crippen molar-refractivity contribution in [1.82, 2.24) is 20.1 Å². The van der Waals surface area contributed by atoms with E-state index in [-0.39, 0.29) is 17.9 Å². The zero-order valence-electron chi connectivity index (χ0n) is 11.1. The molecular formula is C13H16BrFN4. The van der Waals surface area contributed by atoms with Crippen LogP contribution >= 0.6 is 15.9 Å². The van der Waals surface area contributed by atoms with Crippen LogP contribution in [0.25, 0.3) is 0 Å². The van der Waals surface area contributed by atoms with Crippen molar-refractivity contribution in [3.8, 4) is 0 Å². The predicted octanol–water partition coefficient (Wildman–Crippen LogP) is 3.07. The molecule has 2 aromatic heterocycles. The van der Waals surface area contributed by atoms with Crippen LogP contribution in [-0.2, 0) is 0 Å². The third-order valence-corrected chi connectivity index (χ3v) is 3.56. The van der Waals surface area contributed by atoms with E-state index < -0.39 is 0 Å². The minimum absolute atomic E-state index is 0.196. The Morgan fingerprint density at radius 2 is 2.11 bits per heavy atom. The molecule has 0 aromatic carbocycles. The Balaban J connectivity index is 2.55. The fourth-order valence-corrected chi connectivity index (χ4v) is 2.59. The summed E-state index contributed by atoms with van der Waals surface area (Å²) in [7, 11) is 1.80. The van der Waals surface area contributed by atoms with E-state index in [9.17, 15) is 4.39 Å². The van der Waals surface area contributed by atoms with Crippen molar-refractivity contribution in [2.45, 2.75) is 25.9 Å². The first-order valence-electron chi connectivity index (χ1n) is 6.05. The maximum Gasteiger partial charge on any atom is 0.146 e. The highest BCUT2D eigenvalue weighted by Crippen LogP contribution is 2.31. The highest BCUT2D eigenvalue weighted by Gasteiger charge is 2.24. The summed E-state index contributed by atoms with van der Waals surface area (Å²) in [6, 6.07) is 1.60. The molecular weight excluding hydrogens is 311 g/mol. The highest BCUT2D eigenvalue weighted by molar-refractivity contribution is 9.10. The Labute approximate surface area is 120 Å². The number of halogens is 2. The minimum Gasteiger partial charge on any atom is -0.308 e. The number of nitrogens with one attached hydrogen (secondary N) is 1. The molecule has 0 amide bonds. The average molecular weight is 327 g/mol. The van der Waals surface area contributed by atoms with Crippen LogP contribution in [0.15, 0.2) is 29.1 Å². The van der Waals surface area contributed by atoms with Gasteiger partial charge in [0.2, 0.25) is 0 Å². The van der Waals surface area contributed by atoms with Gasteiger partial charge in [0.05, 0.1) is 28.6 Å². The largest absolute Gasteiger partial charge is 0.308 e. The van der Waals surface area contributed by atoms with Crippen LogP contribution in [0.1, 0.15) is 37.2 Å². The van der Waals surface area contributed by atoms with E-state index in [0.29, 0.717) is 5.56 Å². The first-order chi connectivity index (χ1) is 9.06. The normalized spacial score (nSPS) is 12.9. The number of nitrogens with zero attached hydrogens (tertiary/aromatic N) is 3. The van der Waals surface area contributed by atoms with Crippen LogP contribution in [0, 0.1) is 5.82 Å². The molecule has 1 N–H and O–H groups in total. The van der Waals surface area contributed by atoms with E-state index >= 15 is 0 Å². The van der Waals surface area contributed by atoms with E-state index in [2.05, 4.69) is 31.3 Å². The summed E-state index contributed by atoms with van der Waals surface area (Å²) in [4.78, 5) is 3.79. The fourth-order valence-electron chi connectivity index (χ4n) is 2.09. The highest BCUT2D eigenvalue weighted by atomic mass is 79.9. The topological polar surface area (TPSA) is 42.7 Å². The SMILES string of the molecule is CNC(c1ccncc1F)c1c(Br)cnn1C(C)C. The average Bonchev–Trinajstić information content (AvgIpc) is 2.75. The summed E-state index contributed by atoms with van der Waals surface area (Å²) in [6.45, 7) is 4.08. The number of hydrogen-bond acceptors (Lipinski definition) is 3. The van der Waals surface area contributed by atoms with Crippen LogP contribution in [0.2, 0.25) is 0 Å². The molecule has 4 nitrogen and oxygen atoms in total. The molecule has 0 bridgehead atoms. The van der Waals surface area contributed by atoms with Crippen molar-refractivity contribution in [3.05, 3.63) is 46.2 Å². The molecule has 1 atom stereocenters. The van der Waals surface area contributed by atoms with E-state index in [1.807, 2.05) is 18.5 Å². The van der Waals surface area contributed by atoms with Crippen molar-refractivity contribution in [1.29, 1.82) is 0 Å². The summed E-state index contributed by atoms with van der Waals surface area (Å²) < 4.78 is 16.7. The molecule has 2 rings (SSSR count). The van der Waals surface area contributed by atoms with Crippen LogP contribution < -0.4 is 5.32 Å². The van der Waals surface area contributed by atoms with E-state index in [4.69, 9.17) is 0 Å². The predicted molar refractivity (Wildman–Crippen MR) is 75.4 cm³/mol. The standard InChI is InChI=1S/C13H16BrFN4/c1-8(2)19-13(10(14)6-18-19)12(16-3)9-4-5-17-7-11(9)15/h4-8,12,16H,1-3H3. The quantitative estimate of drug-likeness (QED) is 0.938. The first kappa shape index (κ1) is 14.1. The lowest BCUT2D eigenvalue weighted by Crippen LogP contribution is -2.23. The summed E-state index contributed by atoms with van der Waals surface area (Å²) in [5, 5.41) is 7.47. The lowest BCUT2D eigenvalue weighted by Gasteiger charge is -2.21. The van der Waals surface area contributed by atoms with Crippen molar-refractivity contribution >= 4 is 15.9 Å². The molecule has 2 heterocycles. The van der Waals surface area contributed by atoms with Gasteiger partial charge in [-0.05, 0) is 42.9 Å². The van der Waals surface area contributed by atoms with Gasteiger partial charge in [0.1, 0.15) is 5.82 Å². The molecule has 0 radical (unpaired) electrons. The van der Waals surface area contributed by atoms with Crippen LogP contribution in [0.5, 0.6) is 0 Å². The molecule has 0 aliphatic heterocycles. The van der Waals surface area contributed by atoms with E-state index in [1.54, 1.807) is 25.5 Å². The van der Waals surface area contributed by atoms with Crippen molar-refractivity contribution in [3.63, 3.8) is 0 Å². The molecule has 2 aromatic rings. The summed E-state index contributed by atoms with van der Waals surface area (Å²) in [6.07, 6.45) is 4.55. The third-order valence-electron chi connectivity index (χ3n) is 2.95. The van der Waals surface area contributed by atoms with Crippen molar-refractivity contribution < 1.29 is 4.39 Å². The van der Waals surface area contributed by atoms with Crippen LogP contribution in [0.3, 0.4) is 0 Å². The Morgan fingerprint density at radius 3 is 2.68 bits per heavy atom. The van der Waals surface area contributed by atoms with Crippen LogP contribution in [-0.4, -0.2) is 21.8 Å². The molecule has 19 heavy (non-hydrogen) atoms. The zero-order chi connectivity index (χ0) is 14.0. The van der Waals surface area contributed by atoms with Crippen molar-refractivity contribution in [2.24, 2.45) is 0 Å². The molecule has 0 spiro atoms. The Hall–Kier alpha value is -1.27. The number of aromatic nitrogens is 3. The van der Waals surface area contributed by atoms with Gasteiger partial charge in [-0.3, -0.25) is 9.67 Å². The van der Waals surface area contributed by atoms with Gasteiger partial charge in [0, 0.05) is 17.8 Å². The number of hydrogen-bond donors (Lipinski definition) is 1. The molecule has 1 unspecified atom stereocenters. The van der Waals surface area contributed by atoms with Gasteiger partial charge in [0.25, 0.3) is 0 Å². The lowest BCUT2D eigenvalue weighted by molar-refractivity contribution is 0.474. The van der Waals surface area contributed by atoms with Crippen molar-refractivity contribution in [2.75, 3.05) is 7.05 Å². The molecule has 6 heteroatoms. The second kappa shape index (κ2) is 5.79. The minimum atomic E-state index is -0.328. The van der Waals surface area contributed by atoms with Gasteiger partial charge in [0.15, 0.2) is 0 Å². The van der Waals surface area contributed by atoms with E-state index in [1.165, 1.54) is 6.20 Å². The summed E-state index contributed by atoms with van der Waals surface area (Å²) >= 11 is 3.49. The lowest BCUT2D eigenvalue weighted by atomic mass is 10.0. The van der Waals surface area contributed by atoms with Gasteiger partial charge in [-0.2, -0.15) is 5.10 Å². The maximum atomic E-state index is 13.9. The molecule has 0 aliphatic rings.